The van der Waals surface area contributed by atoms with Gasteiger partial charge < -0.3 is 25.6 Å². The second-order valence-electron chi connectivity index (χ2n) is 7.95. The van der Waals surface area contributed by atoms with Gasteiger partial charge in [-0.05, 0) is 26.1 Å². The van der Waals surface area contributed by atoms with Crippen LogP contribution < -0.4 is 16.0 Å². The highest BCUT2D eigenvalue weighted by atomic mass is 32.2. The van der Waals surface area contributed by atoms with E-state index in [4.69, 9.17) is 10.5 Å². The third-order valence-corrected chi connectivity index (χ3v) is 6.43. The number of nitrogen functional groups attached to an aromatic ring is 1. The van der Waals surface area contributed by atoms with Crippen LogP contribution >= 0.6 is 0 Å². The van der Waals surface area contributed by atoms with Crippen LogP contribution in [0.4, 0.5) is 5.95 Å². The van der Waals surface area contributed by atoms with Gasteiger partial charge in [-0.25, -0.2) is 9.71 Å². The minimum atomic E-state index is -4.41. The highest BCUT2D eigenvalue weighted by molar-refractivity contribution is 7.85. The molecule has 0 radical (unpaired) electrons. The number of imidazole rings is 1. The van der Waals surface area contributed by atoms with Crippen LogP contribution in [0.3, 0.4) is 0 Å². The van der Waals surface area contributed by atoms with E-state index in [2.05, 4.69) is 44.8 Å². The fourth-order valence-corrected chi connectivity index (χ4v) is 4.25. The van der Waals surface area contributed by atoms with Gasteiger partial charge in [-0.2, -0.15) is 13.4 Å². The van der Waals surface area contributed by atoms with Crippen LogP contribution in [-0.2, 0) is 24.0 Å². The lowest BCUT2D eigenvalue weighted by Crippen LogP contribution is -2.37. The van der Waals surface area contributed by atoms with E-state index in [1.165, 1.54) is 24.2 Å². The number of carbonyl (C=O) groups is 1. The summed E-state index contributed by atoms with van der Waals surface area (Å²) in [6.45, 7) is 11.2. The second kappa shape index (κ2) is 13.1. The highest BCUT2D eigenvalue weighted by Crippen LogP contribution is 2.31. The monoisotopic (exact) mass is 533 g/mol. The Hall–Kier alpha value is -2.63. The highest BCUT2D eigenvalue weighted by Gasteiger charge is 2.45. The van der Waals surface area contributed by atoms with Crippen molar-refractivity contribution in [3.05, 3.63) is 16.7 Å². The van der Waals surface area contributed by atoms with E-state index in [-0.39, 0.29) is 23.5 Å². The lowest BCUT2D eigenvalue weighted by Gasteiger charge is -2.16. The summed E-state index contributed by atoms with van der Waals surface area (Å²) in [5, 5.41) is 20.5. The number of amides is 1. The number of rotatable bonds is 10. The van der Waals surface area contributed by atoms with Crippen LogP contribution in [0.15, 0.2) is 11.1 Å². The molecule has 1 saturated heterocycles. The quantitative estimate of drug-likeness (QED) is 0.245. The molecule has 0 bridgehead atoms. The van der Waals surface area contributed by atoms with Gasteiger partial charge in [0.25, 0.3) is 5.56 Å². The van der Waals surface area contributed by atoms with Gasteiger partial charge in [0.2, 0.25) is 11.9 Å². The van der Waals surface area contributed by atoms with Crippen LogP contribution in [0.25, 0.3) is 11.2 Å². The van der Waals surface area contributed by atoms with Crippen molar-refractivity contribution >= 4 is 33.3 Å². The average molecular weight is 534 g/mol. The maximum atomic E-state index is 11.9. The van der Waals surface area contributed by atoms with Crippen LogP contribution in [-0.4, -0.2) is 93.5 Å². The molecular weight excluding hydrogens is 498 g/mol. The number of aliphatic hydroxyl groups excluding tert-OH is 2. The molecule has 1 fully saturated rings. The third-order valence-electron chi connectivity index (χ3n) is 5.51. The van der Waals surface area contributed by atoms with Gasteiger partial charge in [0.1, 0.15) is 18.3 Å². The van der Waals surface area contributed by atoms with Gasteiger partial charge in [-0.3, -0.25) is 23.3 Å². The number of nitrogens with zero attached hydrogens (tertiary/aromatic N) is 4. The number of ether oxygens (including phenoxy) is 1. The Morgan fingerprint density at radius 2 is 1.89 bits per heavy atom. The number of aromatic amines is 1. The second-order valence-corrected chi connectivity index (χ2v) is 9.30. The molecule has 204 valence electrons. The Kier molecular flexibility index (Phi) is 10.7. The van der Waals surface area contributed by atoms with Crippen LogP contribution in [0.1, 0.15) is 46.8 Å². The molecule has 4 atom stereocenters. The van der Waals surface area contributed by atoms with E-state index in [9.17, 15) is 28.2 Å². The lowest BCUT2D eigenvalue weighted by atomic mass is 10.1. The maximum absolute atomic E-state index is 11.9. The van der Waals surface area contributed by atoms with Crippen molar-refractivity contribution in [1.29, 1.82) is 0 Å². The molecule has 1 aliphatic rings. The largest absolute Gasteiger partial charge is 0.387 e. The van der Waals surface area contributed by atoms with Gasteiger partial charge in [0.05, 0.1) is 12.9 Å². The first-order chi connectivity index (χ1) is 17.0. The van der Waals surface area contributed by atoms with Gasteiger partial charge in [-0.15, -0.1) is 0 Å². The number of hydrogen-bond acceptors (Lipinski definition) is 12. The molecule has 3 rings (SSSR count). The summed E-state index contributed by atoms with van der Waals surface area (Å²) < 4.78 is 36.6. The van der Waals surface area contributed by atoms with Crippen molar-refractivity contribution in [1.82, 2.24) is 29.1 Å². The van der Waals surface area contributed by atoms with Crippen LogP contribution in [0.2, 0.25) is 0 Å². The van der Waals surface area contributed by atoms with Gasteiger partial charge in [0, 0.05) is 6.42 Å². The molecule has 3 heterocycles. The summed E-state index contributed by atoms with van der Waals surface area (Å²) in [5.41, 5.74) is 4.85. The summed E-state index contributed by atoms with van der Waals surface area (Å²) in [5.74, 6) is -0.928. The zero-order valence-corrected chi connectivity index (χ0v) is 21.6. The molecule has 0 aromatic carbocycles. The fraction of sp³-hybridized carbons (Fsp3) is 0.700. The Balaban J connectivity index is 0.000000572. The van der Waals surface area contributed by atoms with Crippen molar-refractivity contribution < 1.29 is 32.3 Å². The fourth-order valence-electron chi connectivity index (χ4n) is 3.50. The first-order valence-electron chi connectivity index (χ1n) is 11.6. The number of hydrogen-bond donors (Lipinski definition) is 5. The van der Waals surface area contributed by atoms with Gasteiger partial charge in [-0.1, -0.05) is 27.7 Å². The van der Waals surface area contributed by atoms with Gasteiger partial charge in [0.15, 0.2) is 17.4 Å². The average Bonchev–Trinajstić information content (AvgIpc) is 3.35. The standard InChI is InChI=1S/C14H20N6O8S.C6H15N/c1-2-3-7(21)19-29(25,26)27-4-6-9(22)10(23)13(28-6)20-5-16-8-11(20)17-14(15)18-12(8)24;1-4-7(5-2)6-3/h5-6,9-10,13,22-23H,2-4H2,1H3,(H,19,21)(H3,15,17,18,24);4-6H2,1-3H3/t6-,9-,10-,13-;/m1./s1. The molecule has 36 heavy (non-hydrogen) atoms. The summed E-state index contributed by atoms with van der Waals surface area (Å²) in [6, 6.07) is 0. The van der Waals surface area contributed by atoms with Crippen molar-refractivity contribution in [3.8, 4) is 0 Å². The smallest absolute Gasteiger partial charge is 0.362 e. The van der Waals surface area contributed by atoms with E-state index < -0.39 is 52.9 Å². The molecular formula is C20H35N7O8S. The van der Waals surface area contributed by atoms with Crippen molar-refractivity contribution in [2.24, 2.45) is 0 Å². The minimum Gasteiger partial charge on any atom is -0.387 e. The molecule has 1 amide bonds. The topological polar surface area (TPSA) is 215 Å². The van der Waals surface area contributed by atoms with Crippen molar-refractivity contribution in [2.75, 3.05) is 32.0 Å². The normalized spacial score (nSPS) is 22.0. The number of aliphatic hydroxyl groups is 2. The molecule has 1 aliphatic heterocycles. The molecule has 0 saturated carbocycles. The van der Waals surface area contributed by atoms with Crippen molar-refractivity contribution in [2.45, 2.75) is 65.1 Å². The number of fused-ring (bicyclic) bond motifs is 1. The number of nitrogens with two attached hydrogens (primary N) is 1. The Morgan fingerprint density at radius 1 is 1.25 bits per heavy atom. The molecule has 0 aliphatic carbocycles. The zero-order chi connectivity index (χ0) is 27.0. The number of nitrogens with one attached hydrogen (secondary N) is 2. The summed E-state index contributed by atoms with van der Waals surface area (Å²) >= 11 is 0. The molecule has 16 heteroatoms. The number of anilines is 1. The lowest BCUT2D eigenvalue weighted by molar-refractivity contribution is -0.119. The van der Waals surface area contributed by atoms with E-state index in [1.54, 1.807) is 11.6 Å². The molecule has 2 aromatic heterocycles. The summed E-state index contributed by atoms with van der Waals surface area (Å²) in [6.07, 6.45) is -3.94. The molecule has 0 spiro atoms. The molecule has 2 aromatic rings. The Bertz CT molecular complexity index is 1160. The first-order valence-corrected chi connectivity index (χ1v) is 13.0. The first kappa shape index (κ1) is 29.6. The third kappa shape index (κ3) is 7.44. The number of H-pyrrole nitrogens is 1. The zero-order valence-electron chi connectivity index (χ0n) is 20.7. The number of aromatic nitrogens is 4. The summed E-state index contributed by atoms with van der Waals surface area (Å²) in [7, 11) is -4.41. The summed E-state index contributed by atoms with van der Waals surface area (Å²) in [4.78, 5) is 35.7. The number of carbonyl (C=O) groups excluding carboxylic acids is 1. The molecule has 6 N–H and O–H groups in total. The van der Waals surface area contributed by atoms with E-state index >= 15 is 0 Å². The van der Waals surface area contributed by atoms with E-state index in [0.29, 0.717) is 6.42 Å². The molecule has 0 unspecified atom stereocenters. The van der Waals surface area contributed by atoms with Gasteiger partial charge >= 0.3 is 10.3 Å². The van der Waals surface area contributed by atoms with Crippen LogP contribution in [0, 0.1) is 0 Å². The predicted molar refractivity (Wildman–Crippen MR) is 130 cm³/mol. The molecule has 15 nitrogen and oxygen atoms in total. The SMILES string of the molecule is CCCC(=O)NS(=O)(=O)OC[C@H]1O[C@@H](n2cnc3c(=O)[nH]c(N)nc32)[C@H](O)[C@@H]1O.CCN(CC)CC. The predicted octanol–water partition coefficient (Wildman–Crippen LogP) is -1.15. The van der Waals surface area contributed by atoms with E-state index in [1.807, 2.05) is 0 Å². The van der Waals surface area contributed by atoms with E-state index in [0.717, 1.165) is 6.33 Å². The van der Waals surface area contributed by atoms with Crippen molar-refractivity contribution in [3.63, 3.8) is 0 Å². The Morgan fingerprint density at radius 3 is 2.44 bits per heavy atom. The minimum absolute atomic E-state index is 0.00326. The maximum Gasteiger partial charge on any atom is 0.362 e. The van der Waals surface area contributed by atoms with Crippen LogP contribution in [0.5, 0.6) is 0 Å². The Labute approximate surface area is 208 Å².